The molecular weight excluding hydrogens is 408 g/mol. The van der Waals surface area contributed by atoms with Crippen molar-refractivity contribution in [3.63, 3.8) is 0 Å². The fourth-order valence-electron chi connectivity index (χ4n) is 3.26. The van der Waals surface area contributed by atoms with E-state index < -0.39 is 0 Å². The van der Waals surface area contributed by atoms with Crippen LogP contribution in [0.15, 0.2) is 72.1 Å². The van der Waals surface area contributed by atoms with Crippen molar-refractivity contribution in [2.24, 2.45) is 0 Å². The van der Waals surface area contributed by atoms with E-state index in [0.717, 1.165) is 39.9 Å². The van der Waals surface area contributed by atoms with E-state index in [9.17, 15) is 4.79 Å². The smallest absolute Gasteiger partial charge is 0.230 e. The lowest BCUT2D eigenvalue weighted by Crippen LogP contribution is -2.24. The van der Waals surface area contributed by atoms with Crippen LogP contribution in [0.4, 0.5) is 0 Å². The summed E-state index contributed by atoms with van der Waals surface area (Å²) in [6.45, 7) is 5.28. The van der Waals surface area contributed by atoms with Crippen LogP contribution in [0.3, 0.4) is 0 Å². The van der Waals surface area contributed by atoms with E-state index in [2.05, 4.69) is 40.5 Å². The van der Waals surface area contributed by atoms with E-state index in [1.807, 2.05) is 59.3 Å². The largest absolute Gasteiger partial charge is 0.351 e. The maximum absolute atomic E-state index is 12.4. The second-order valence-electron chi connectivity index (χ2n) is 7.06. The number of nitrogens with zero attached hydrogens (tertiary/aromatic N) is 5. The van der Waals surface area contributed by atoms with Gasteiger partial charge >= 0.3 is 0 Å². The van der Waals surface area contributed by atoms with E-state index in [1.54, 1.807) is 10.9 Å². The summed E-state index contributed by atoms with van der Waals surface area (Å²) in [6.07, 6.45) is 3.69. The minimum Gasteiger partial charge on any atom is -0.351 e. The van der Waals surface area contributed by atoms with Gasteiger partial charge < -0.3 is 9.88 Å². The molecule has 4 rings (SSSR count). The van der Waals surface area contributed by atoms with Gasteiger partial charge in [0.05, 0.1) is 17.6 Å². The molecule has 0 spiro atoms. The van der Waals surface area contributed by atoms with Gasteiger partial charge in [0.2, 0.25) is 5.91 Å². The lowest BCUT2D eigenvalue weighted by molar-refractivity contribution is -0.118. The molecule has 0 radical (unpaired) electrons. The summed E-state index contributed by atoms with van der Waals surface area (Å²) in [5.74, 6) is 1.05. The number of para-hydroxylation sites is 1. The molecule has 0 aliphatic heterocycles. The van der Waals surface area contributed by atoms with Crippen LogP contribution in [0.1, 0.15) is 18.1 Å². The van der Waals surface area contributed by atoms with E-state index in [4.69, 9.17) is 0 Å². The van der Waals surface area contributed by atoms with Crippen LogP contribution >= 0.6 is 11.8 Å². The first-order chi connectivity index (χ1) is 15.2. The summed E-state index contributed by atoms with van der Waals surface area (Å²) in [7, 11) is 0. The maximum atomic E-state index is 12.4. The van der Waals surface area contributed by atoms with Gasteiger partial charge in [-0.3, -0.25) is 4.79 Å². The molecule has 7 nitrogen and oxygen atoms in total. The summed E-state index contributed by atoms with van der Waals surface area (Å²) in [5, 5.41) is 16.7. The highest BCUT2D eigenvalue weighted by molar-refractivity contribution is 7.99. The first kappa shape index (κ1) is 20.9. The van der Waals surface area contributed by atoms with Crippen LogP contribution in [0.2, 0.25) is 0 Å². The predicted molar refractivity (Wildman–Crippen MR) is 122 cm³/mol. The van der Waals surface area contributed by atoms with Gasteiger partial charge in [0.25, 0.3) is 0 Å². The van der Waals surface area contributed by atoms with Crippen molar-refractivity contribution in [3.05, 3.63) is 78.1 Å². The molecule has 0 aliphatic rings. The van der Waals surface area contributed by atoms with Crippen LogP contribution < -0.4 is 5.32 Å². The molecular formula is C23H24N6OS. The van der Waals surface area contributed by atoms with Crippen molar-refractivity contribution < 1.29 is 4.79 Å². The van der Waals surface area contributed by atoms with E-state index >= 15 is 0 Å². The SMILES string of the molecule is CCn1c(SCC(=O)NCc2cnn(-c3ccccc3)c2)nnc1-c1ccccc1C. The topological polar surface area (TPSA) is 77.6 Å². The summed E-state index contributed by atoms with van der Waals surface area (Å²) in [5.41, 5.74) is 4.14. The predicted octanol–water partition coefficient (Wildman–Crippen LogP) is 3.87. The lowest BCUT2D eigenvalue weighted by Gasteiger charge is -2.09. The number of aromatic nitrogens is 5. The van der Waals surface area contributed by atoms with Crippen molar-refractivity contribution in [2.45, 2.75) is 32.1 Å². The fourth-order valence-corrected chi connectivity index (χ4v) is 4.09. The molecule has 2 heterocycles. The molecule has 31 heavy (non-hydrogen) atoms. The van der Waals surface area contributed by atoms with Crippen LogP contribution in [0.5, 0.6) is 0 Å². The minimum absolute atomic E-state index is 0.0550. The molecule has 0 saturated heterocycles. The minimum atomic E-state index is -0.0550. The number of hydrogen-bond donors (Lipinski definition) is 1. The fraction of sp³-hybridized carbons (Fsp3) is 0.217. The molecule has 0 bridgehead atoms. The Labute approximate surface area is 185 Å². The average Bonchev–Trinajstić information content (AvgIpc) is 3.44. The number of hydrogen-bond acceptors (Lipinski definition) is 5. The Bertz CT molecular complexity index is 1170. The standard InChI is InChI=1S/C23H24N6OS/c1-3-28-22(20-12-8-7-9-17(20)2)26-27-23(28)31-16-21(30)24-13-18-14-25-29(15-18)19-10-5-4-6-11-19/h4-12,14-15H,3,13,16H2,1-2H3,(H,24,30). The summed E-state index contributed by atoms with van der Waals surface area (Å²) < 4.78 is 3.84. The third-order valence-electron chi connectivity index (χ3n) is 4.90. The first-order valence-electron chi connectivity index (χ1n) is 10.1. The van der Waals surface area contributed by atoms with Crippen LogP contribution in [0.25, 0.3) is 17.1 Å². The van der Waals surface area contributed by atoms with Gasteiger partial charge in [-0.15, -0.1) is 10.2 Å². The Hall–Kier alpha value is -3.39. The van der Waals surface area contributed by atoms with Crippen molar-refractivity contribution >= 4 is 17.7 Å². The van der Waals surface area contributed by atoms with Crippen molar-refractivity contribution in [1.82, 2.24) is 29.9 Å². The maximum Gasteiger partial charge on any atom is 0.230 e. The van der Waals surface area contributed by atoms with E-state index in [1.165, 1.54) is 11.8 Å². The molecule has 2 aromatic heterocycles. The lowest BCUT2D eigenvalue weighted by atomic mass is 10.1. The number of benzene rings is 2. The second kappa shape index (κ2) is 9.61. The second-order valence-corrected chi connectivity index (χ2v) is 8.00. The quantitative estimate of drug-likeness (QED) is 0.428. The molecule has 2 aromatic carbocycles. The number of rotatable bonds is 8. The Morgan fingerprint density at radius 2 is 1.84 bits per heavy atom. The highest BCUT2D eigenvalue weighted by Gasteiger charge is 2.15. The number of aryl methyl sites for hydroxylation is 1. The molecule has 0 unspecified atom stereocenters. The molecule has 1 N–H and O–H groups in total. The molecule has 4 aromatic rings. The van der Waals surface area contributed by atoms with Crippen LogP contribution in [-0.2, 0) is 17.9 Å². The van der Waals surface area contributed by atoms with Gasteiger partial charge in [0.15, 0.2) is 11.0 Å². The molecule has 0 fully saturated rings. The summed E-state index contributed by atoms with van der Waals surface area (Å²) in [4.78, 5) is 12.4. The summed E-state index contributed by atoms with van der Waals surface area (Å²) in [6, 6.07) is 18.0. The Kier molecular flexibility index (Phi) is 6.47. The van der Waals surface area contributed by atoms with Gasteiger partial charge in [-0.1, -0.05) is 54.2 Å². The highest BCUT2D eigenvalue weighted by atomic mass is 32.2. The normalized spacial score (nSPS) is 10.9. The number of carbonyl (C=O) groups is 1. The number of carbonyl (C=O) groups excluding carboxylic acids is 1. The third-order valence-corrected chi connectivity index (χ3v) is 5.86. The highest BCUT2D eigenvalue weighted by Crippen LogP contribution is 2.26. The van der Waals surface area contributed by atoms with E-state index in [0.29, 0.717) is 6.54 Å². The molecule has 1 amide bonds. The zero-order valence-electron chi connectivity index (χ0n) is 17.5. The molecule has 0 saturated carbocycles. The number of thioether (sulfide) groups is 1. The molecule has 8 heteroatoms. The Morgan fingerprint density at radius 3 is 2.61 bits per heavy atom. The monoisotopic (exact) mass is 432 g/mol. The zero-order valence-corrected chi connectivity index (χ0v) is 18.3. The number of nitrogens with one attached hydrogen (secondary N) is 1. The first-order valence-corrected chi connectivity index (χ1v) is 11.1. The van der Waals surface area contributed by atoms with Gasteiger partial charge in [-0.2, -0.15) is 5.10 Å². The molecule has 0 aliphatic carbocycles. The summed E-state index contributed by atoms with van der Waals surface area (Å²) >= 11 is 1.39. The van der Waals surface area contributed by atoms with Gasteiger partial charge in [-0.05, 0) is 31.5 Å². The Morgan fingerprint density at radius 1 is 1.06 bits per heavy atom. The van der Waals surface area contributed by atoms with E-state index in [-0.39, 0.29) is 11.7 Å². The van der Waals surface area contributed by atoms with Crippen molar-refractivity contribution in [1.29, 1.82) is 0 Å². The Balaban J connectivity index is 1.34. The molecule has 0 atom stereocenters. The van der Waals surface area contributed by atoms with Crippen molar-refractivity contribution in [3.8, 4) is 17.1 Å². The third kappa shape index (κ3) is 4.86. The van der Waals surface area contributed by atoms with Crippen molar-refractivity contribution in [2.75, 3.05) is 5.75 Å². The number of amides is 1. The van der Waals surface area contributed by atoms with Crippen LogP contribution in [-0.4, -0.2) is 36.2 Å². The zero-order chi connectivity index (χ0) is 21.6. The van der Waals surface area contributed by atoms with Gasteiger partial charge in [0, 0.05) is 30.4 Å². The van der Waals surface area contributed by atoms with Gasteiger partial charge in [-0.25, -0.2) is 4.68 Å². The van der Waals surface area contributed by atoms with Gasteiger partial charge in [0.1, 0.15) is 0 Å². The average molecular weight is 433 g/mol. The molecule has 158 valence electrons. The van der Waals surface area contributed by atoms with Crippen LogP contribution in [0, 0.1) is 6.92 Å².